The second-order valence-electron chi connectivity index (χ2n) is 4.90. The van der Waals surface area contributed by atoms with E-state index in [0.717, 1.165) is 11.8 Å². The highest BCUT2D eigenvalue weighted by Crippen LogP contribution is 2.09. The first kappa shape index (κ1) is 18.2. The summed E-state index contributed by atoms with van der Waals surface area (Å²) in [6, 6.07) is 8.79. The Kier molecular flexibility index (Phi) is 7.07. The van der Waals surface area contributed by atoms with E-state index in [1.807, 2.05) is 6.07 Å². The van der Waals surface area contributed by atoms with Gasteiger partial charge in [0.05, 0.1) is 18.1 Å². The maximum atomic E-state index is 11.9. The number of carboxylic acids is 1. The van der Waals surface area contributed by atoms with Gasteiger partial charge in [0.2, 0.25) is 5.91 Å². The molecule has 0 saturated heterocycles. The summed E-state index contributed by atoms with van der Waals surface area (Å²) in [6.45, 7) is 1.23. The summed E-state index contributed by atoms with van der Waals surface area (Å²) in [7, 11) is 1.36. The first-order chi connectivity index (χ1) is 10.4. The number of aliphatic carboxylic acids is 1. The summed E-state index contributed by atoms with van der Waals surface area (Å²) < 4.78 is 4.81. The summed E-state index contributed by atoms with van der Waals surface area (Å²) in [6.07, 6.45) is 0. The van der Waals surface area contributed by atoms with Gasteiger partial charge in [0.15, 0.2) is 11.3 Å². The fourth-order valence-corrected chi connectivity index (χ4v) is 2.44. The molecule has 1 aromatic rings. The number of Topliss-reactive ketones (excluding diaryl/α,β-unsaturated/α-hetero) is 1. The lowest BCUT2D eigenvalue weighted by Crippen LogP contribution is -2.55. The van der Waals surface area contributed by atoms with E-state index in [1.165, 1.54) is 14.0 Å². The first-order valence-electron chi connectivity index (χ1n) is 6.58. The molecule has 0 aromatic heterocycles. The minimum absolute atomic E-state index is 0.00512. The van der Waals surface area contributed by atoms with Crippen LogP contribution >= 0.6 is 11.8 Å². The molecule has 0 spiro atoms. The van der Waals surface area contributed by atoms with Crippen molar-refractivity contribution in [3.05, 3.63) is 35.9 Å². The predicted molar refractivity (Wildman–Crippen MR) is 84.2 cm³/mol. The highest BCUT2D eigenvalue weighted by molar-refractivity contribution is 8.00. The van der Waals surface area contributed by atoms with Crippen LogP contribution in [0.2, 0.25) is 0 Å². The van der Waals surface area contributed by atoms with Crippen LogP contribution in [0, 0.1) is 0 Å². The van der Waals surface area contributed by atoms with Crippen molar-refractivity contribution in [2.24, 2.45) is 0 Å². The minimum atomic E-state index is -1.48. The van der Waals surface area contributed by atoms with Gasteiger partial charge in [-0.2, -0.15) is 0 Å². The highest BCUT2D eigenvalue weighted by atomic mass is 32.2. The molecular formula is C15H19NO5S. The van der Waals surface area contributed by atoms with Crippen LogP contribution in [0.4, 0.5) is 0 Å². The summed E-state index contributed by atoms with van der Waals surface area (Å²) in [4.78, 5) is 34.8. The lowest BCUT2D eigenvalue weighted by atomic mass is 10.0. The van der Waals surface area contributed by atoms with Crippen LogP contribution in [0.1, 0.15) is 17.3 Å². The summed E-state index contributed by atoms with van der Waals surface area (Å²) >= 11 is 1.14. The van der Waals surface area contributed by atoms with Crippen molar-refractivity contribution >= 4 is 29.4 Å². The number of hydrogen-bond donors (Lipinski definition) is 2. The molecule has 0 fully saturated rings. The van der Waals surface area contributed by atoms with Crippen molar-refractivity contribution < 1.29 is 24.2 Å². The number of hydrogen-bond acceptors (Lipinski definition) is 5. The second kappa shape index (κ2) is 8.55. The lowest BCUT2D eigenvalue weighted by molar-refractivity contribution is -0.148. The molecule has 22 heavy (non-hydrogen) atoms. The molecular weight excluding hydrogens is 306 g/mol. The molecule has 1 aromatic carbocycles. The van der Waals surface area contributed by atoms with Crippen LogP contribution < -0.4 is 5.32 Å². The maximum Gasteiger partial charge on any atom is 0.331 e. The molecule has 6 nitrogen and oxygen atoms in total. The van der Waals surface area contributed by atoms with Crippen molar-refractivity contribution in [1.82, 2.24) is 5.32 Å². The summed E-state index contributed by atoms with van der Waals surface area (Å²) in [5, 5.41) is 11.5. The number of carboxylic acid groups (broad SMARTS) is 1. The average Bonchev–Trinajstić information content (AvgIpc) is 2.48. The molecule has 0 heterocycles. The number of ketones is 1. The van der Waals surface area contributed by atoms with Crippen LogP contribution in [-0.2, 0) is 14.3 Å². The van der Waals surface area contributed by atoms with E-state index in [1.54, 1.807) is 24.3 Å². The molecule has 1 atom stereocenters. The molecule has 7 heteroatoms. The maximum absolute atomic E-state index is 11.9. The predicted octanol–water partition coefficient (Wildman–Crippen LogP) is 1.21. The Morgan fingerprint density at radius 2 is 1.86 bits per heavy atom. The van der Waals surface area contributed by atoms with E-state index in [4.69, 9.17) is 9.84 Å². The molecule has 1 unspecified atom stereocenters. The third-order valence-electron chi connectivity index (χ3n) is 2.88. The van der Waals surface area contributed by atoms with Crippen LogP contribution in [0.15, 0.2) is 30.3 Å². The molecule has 0 bridgehead atoms. The second-order valence-corrected chi connectivity index (χ2v) is 5.89. The smallest absolute Gasteiger partial charge is 0.331 e. The fourth-order valence-electron chi connectivity index (χ4n) is 1.73. The Morgan fingerprint density at radius 3 is 2.41 bits per heavy atom. The van der Waals surface area contributed by atoms with Crippen LogP contribution in [-0.4, -0.2) is 53.5 Å². The van der Waals surface area contributed by atoms with Gasteiger partial charge >= 0.3 is 5.97 Å². The van der Waals surface area contributed by atoms with E-state index < -0.39 is 17.4 Å². The zero-order chi connectivity index (χ0) is 16.6. The Morgan fingerprint density at radius 1 is 1.23 bits per heavy atom. The number of benzene rings is 1. The topological polar surface area (TPSA) is 92.7 Å². The Labute approximate surface area is 133 Å². The Balaban J connectivity index is 2.43. The van der Waals surface area contributed by atoms with Gasteiger partial charge in [-0.3, -0.25) is 9.59 Å². The molecule has 1 rings (SSSR count). The van der Waals surface area contributed by atoms with Crippen molar-refractivity contribution in [3.8, 4) is 0 Å². The highest BCUT2D eigenvalue weighted by Gasteiger charge is 2.34. The van der Waals surface area contributed by atoms with Crippen molar-refractivity contribution in [3.63, 3.8) is 0 Å². The third kappa shape index (κ3) is 5.50. The largest absolute Gasteiger partial charge is 0.479 e. The number of rotatable bonds is 9. The van der Waals surface area contributed by atoms with Crippen molar-refractivity contribution in [2.75, 3.05) is 25.2 Å². The number of methoxy groups -OCH3 is 1. The number of nitrogens with one attached hydrogen (secondary N) is 1. The van der Waals surface area contributed by atoms with Gasteiger partial charge < -0.3 is 15.2 Å². The monoisotopic (exact) mass is 325 g/mol. The zero-order valence-corrected chi connectivity index (χ0v) is 13.3. The number of carbonyl (C=O) groups excluding carboxylic acids is 2. The molecule has 0 radical (unpaired) electrons. The molecule has 120 valence electrons. The van der Waals surface area contributed by atoms with Gasteiger partial charge in [-0.25, -0.2) is 4.79 Å². The summed E-state index contributed by atoms with van der Waals surface area (Å²) in [5.74, 6) is -1.53. The molecule has 0 aliphatic rings. The van der Waals surface area contributed by atoms with Crippen molar-refractivity contribution in [2.45, 2.75) is 12.5 Å². The van der Waals surface area contributed by atoms with E-state index in [9.17, 15) is 14.4 Å². The third-order valence-corrected chi connectivity index (χ3v) is 3.82. The average molecular weight is 325 g/mol. The van der Waals surface area contributed by atoms with Gasteiger partial charge in [-0.05, 0) is 6.92 Å². The van der Waals surface area contributed by atoms with Gasteiger partial charge in [0.25, 0.3) is 0 Å². The fraction of sp³-hybridized carbons (Fsp3) is 0.400. The number of carbonyl (C=O) groups is 3. The van der Waals surface area contributed by atoms with Crippen LogP contribution in [0.5, 0.6) is 0 Å². The van der Waals surface area contributed by atoms with E-state index in [2.05, 4.69) is 5.32 Å². The van der Waals surface area contributed by atoms with Crippen molar-refractivity contribution in [1.29, 1.82) is 0 Å². The lowest BCUT2D eigenvalue weighted by Gasteiger charge is -2.25. The van der Waals surface area contributed by atoms with E-state index in [-0.39, 0.29) is 23.9 Å². The molecule has 0 saturated carbocycles. The van der Waals surface area contributed by atoms with E-state index >= 15 is 0 Å². The molecule has 0 aliphatic heterocycles. The Hall–Kier alpha value is -1.86. The van der Waals surface area contributed by atoms with Crippen LogP contribution in [0.25, 0.3) is 0 Å². The first-order valence-corrected chi connectivity index (χ1v) is 7.74. The zero-order valence-electron chi connectivity index (χ0n) is 12.5. The number of ether oxygens (including phenoxy) is 1. The molecule has 2 N–H and O–H groups in total. The molecule has 1 amide bonds. The van der Waals surface area contributed by atoms with Gasteiger partial charge in [-0.15, -0.1) is 11.8 Å². The Bertz CT molecular complexity index is 534. The number of amides is 1. The minimum Gasteiger partial charge on any atom is -0.479 e. The normalized spacial score (nSPS) is 13.2. The van der Waals surface area contributed by atoms with Gasteiger partial charge in [-0.1, -0.05) is 30.3 Å². The molecule has 0 aliphatic carbocycles. The van der Waals surface area contributed by atoms with Gasteiger partial charge in [0.1, 0.15) is 0 Å². The quantitative estimate of drug-likeness (QED) is 0.663. The number of thioether (sulfide) groups is 1. The van der Waals surface area contributed by atoms with Gasteiger partial charge in [0, 0.05) is 12.7 Å². The van der Waals surface area contributed by atoms with Crippen LogP contribution in [0.3, 0.4) is 0 Å². The SMILES string of the molecule is COCC(C)(NC(=O)CSCC(=O)c1ccccc1)C(=O)O. The standard InChI is InChI=1S/C15H19NO5S/c1-15(10-21-2,14(19)20)16-13(18)9-22-8-12(17)11-6-4-3-5-7-11/h3-7H,8-10H2,1-2H3,(H,16,18)(H,19,20). The van der Waals surface area contributed by atoms with E-state index in [0.29, 0.717) is 5.56 Å². The summed E-state index contributed by atoms with van der Waals surface area (Å²) in [5.41, 5.74) is -0.888.